The zero-order valence-corrected chi connectivity index (χ0v) is 18.2. The lowest BCUT2D eigenvalue weighted by Gasteiger charge is -2.24. The standard InChI is InChI=1S/C23H26F2N2O3S/c1-2-31(29)26-15-13-27(10-11-30-14-15)23(28)19-12-18(19)16-6-3-4-7-17(16)22-20(24)8-5-9-21(22)25/h3-9,15,18-19,26H,2,10-14H2,1H3/t15?,18-,19+,31?/m0/s1. The SMILES string of the molecule is CC[S+]([O-])NC1COCCN(C(=O)[C@@H]2C[C@H]2c2ccccc2-c2c(F)cccc2F)C1. The van der Waals surface area contributed by atoms with Gasteiger partial charge in [-0.2, -0.15) is 0 Å². The maximum absolute atomic E-state index is 14.4. The Morgan fingerprint density at radius 3 is 2.71 bits per heavy atom. The van der Waals surface area contributed by atoms with Gasteiger partial charge in [-0.3, -0.25) is 4.79 Å². The molecule has 1 aliphatic heterocycles. The van der Waals surface area contributed by atoms with Crippen LogP contribution in [0.15, 0.2) is 42.5 Å². The molecule has 1 heterocycles. The molecule has 2 aliphatic rings. The Bertz CT molecular complexity index is 925. The van der Waals surface area contributed by atoms with Crippen LogP contribution in [0.3, 0.4) is 0 Å². The predicted octanol–water partition coefficient (Wildman–Crippen LogP) is 3.24. The topological polar surface area (TPSA) is 64.6 Å². The van der Waals surface area contributed by atoms with Crippen LogP contribution in [0.4, 0.5) is 8.78 Å². The first-order valence-electron chi connectivity index (χ1n) is 10.5. The van der Waals surface area contributed by atoms with Crippen LogP contribution in [0.5, 0.6) is 0 Å². The third-order valence-corrected chi connectivity index (χ3v) is 6.96. The summed E-state index contributed by atoms with van der Waals surface area (Å²) in [6.45, 7) is 3.56. The van der Waals surface area contributed by atoms with Gasteiger partial charge in [0.2, 0.25) is 5.91 Å². The molecule has 5 nitrogen and oxygen atoms in total. The van der Waals surface area contributed by atoms with E-state index in [-0.39, 0.29) is 29.3 Å². The number of amides is 1. The molecule has 0 aromatic heterocycles. The van der Waals surface area contributed by atoms with Crippen LogP contribution in [0.1, 0.15) is 24.8 Å². The van der Waals surface area contributed by atoms with Gasteiger partial charge in [-0.25, -0.2) is 8.78 Å². The summed E-state index contributed by atoms with van der Waals surface area (Å²) in [5.41, 5.74) is 1.24. The molecule has 1 saturated carbocycles. The fraction of sp³-hybridized carbons (Fsp3) is 0.435. The first-order chi connectivity index (χ1) is 15.0. The smallest absolute Gasteiger partial charge is 0.226 e. The number of rotatable bonds is 6. The third kappa shape index (κ3) is 4.92. The molecular weight excluding hydrogens is 422 g/mol. The lowest BCUT2D eigenvalue weighted by Crippen LogP contribution is -2.47. The largest absolute Gasteiger partial charge is 0.598 e. The second-order valence-corrected chi connectivity index (χ2v) is 9.44. The zero-order chi connectivity index (χ0) is 22.0. The summed E-state index contributed by atoms with van der Waals surface area (Å²) in [6.07, 6.45) is 0.641. The minimum atomic E-state index is -1.16. The Morgan fingerprint density at radius 1 is 1.23 bits per heavy atom. The minimum Gasteiger partial charge on any atom is -0.598 e. The molecule has 166 valence electrons. The van der Waals surface area contributed by atoms with Crippen molar-refractivity contribution in [3.63, 3.8) is 0 Å². The summed E-state index contributed by atoms with van der Waals surface area (Å²) >= 11 is -1.16. The number of ether oxygens (including phenoxy) is 1. The molecule has 2 fully saturated rings. The predicted molar refractivity (Wildman–Crippen MR) is 116 cm³/mol. The van der Waals surface area contributed by atoms with Gasteiger partial charge < -0.3 is 14.2 Å². The van der Waals surface area contributed by atoms with Crippen molar-refractivity contribution in [2.75, 3.05) is 32.1 Å². The van der Waals surface area contributed by atoms with Crippen molar-refractivity contribution < 1.29 is 22.9 Å². The molecule has 2 unspecified atom stereocenters. The maximum Gasteiger partial charge on any atom is 0.226 e. The maximum atomic E-state index is 14.4. The summed E-state index contributed by atoms with van der Waals surface area (Å²) in [5.74, 6) is -1.04. The number of carbonyl (C=O) groups excluding carboxylic acids is 1. The highest BCUT2D eigenvalue weighted by molar-refractivity contribution is 7.89. The van der Waals surface area contributed by atoms with Crippen LogP contribution < -0.4 is 4.72 Å². The molecular formula is C23H26F2N2O3S. The fourth-order valence-electron chi connectivity index (χ4n) is 4.20. The molecule has 8 heteroatoms. The number of hydrogen-bond donors (Lipinski definition) is 1. The van der Waals surface area contributed by atoms with E-state index >= 15 is 0 Å². The quantitative estimate of drug-likeness (QED) is 0.690. The molecule has 1 saturated heterocycles. The Balaban J connectivity index is 1.51. The van der Waals surface area contributed by atoms with Crippen LogP contribution in [0, 0.1) is 17.6 Å². The number of benzene rings is 2. The van der Waals surface area contributed by atoms with E-state index in [1.165, 1.54) is 18.2 Å². The van der Waals surface area contributed by atoms with Crippen molar-refractivity contribution in [3.8, 4) is 11.1 Å². The molecule has 4 atom stereocenters. The Labute approximate surface area is 184 Å². The van der Waals surface area contributed by atoms with Crippen molar-refractivity contribution in [2.45, 2.75) is 25.3 Å². The average Bonchev–Trinajstić information content (AvgIpc) is 3.58. The molecule has 0 spiro atoms. The van der Waals surface area contributed by atoms with Crippen LogP contribution >= 0.6 is 0 Å². The number of halogens is 2. The summed E-state index contributed by atoms with van der Waals surface area (Å²) in [4.78, 5) is 15.0. The Hall–Kier alpha value is -2.00. The number of hydrogen-bond acceptors (Lipinski definition) is 4. The van der Waals surface area contributed by atoms with Gasteiger partial charge in [0.1, 0.15) is 17.4 Å². The van der Waals surface area contributed by atoms with E-state index < -0.39 is 23.0 Å². The molecule has 1 aliphatic carbocycles. The first-order valence-corrected chi connectivity index (χ1v) is 11.9. The van der Waals surface area contributed by atoms with Crippen molar-refractivity contribution in [2.24, 2.45) is 5.92 Å². The highest BCUT2D eigenvalue weighted by Crippen LogP contribution is 2.51. The van der Waals surface area contributed by atoms with E-state index in [1.807, 2.05) is 19.1 Å². The number of nitrogens with one attached hydrogen (secondary N) is 1. The van der Waals surface area contributed by atoms with E-state index in [4.69, 9.17) is 4.74 Å². The van der Waals surface area contributed by atoms with Gasteiger partial charge in [-0.05, 0) is 42.5 Å². The van der Waals surface area contributed by atoms with Gasteiger partial charge in [-0.1, -0.05) is 30.3 Å². The molecule has 4 rings (SSSR count). The third-order valence-electron chi connectivity index (χ3n) is 5.84. The molecule has 1 N–H and O–H groups in total. The zero-order valence-electron chi connectivity index (χ0n) is 17.4. The van der Waals surface area contributed by atoms with Crippen molar-refractivity contribution in [1.29, 1.82) is 0 Å². The fourth-order valence-corrected chi connectivity index (χ4v) is 4.88. The van der Waals surface area contributed by atoms with Crippen LogP contribution in [0.2, 0.25) is 0 Å². The Kier molecular flexibility index (Phi) is 6.91. The summed E-state index contributed by atoms with van der Waals surface area (Å²) in [6, 6.07) is 10.8. The average molecular weight is 449 g/mol. The first kappa shape index (κ1) is 22.2. The minimum absolute atomic E-state index is 0.00777. The summed E-state index contributed by atoms with van der Waals surface area (Å²) in [7, 11) is 0. The van der Waals surface area contributed by atoms with Gasteiger partial charge in [0, 0.05) is 30.4 Å². The van der Waals surface area contributed by atoms with Gasteiger partial charge in [0.25, 0.3) is 0 Å². The molecule has 31 heavy (non-hydrogen) atoms. The van der Waals surface area contributed by atoms with E-state index in [0.29, 0.717) is 44.0 Å². The van der Waals surface area contributed by atoms with Crippen LogP contribution in [-0.2, 0) is 20.9 Å². The number of carbonyl (C=O) groups is 1. The second kappa shape index (κ2) is 9.65. The second-order valence-electron chi connectivity index (χ2n) is 7.94. The Morgan fingerprint density at radius 2 is 1.97 bits per heavy atom. The van der Waals surface area contributed by atoms with Crippen molar-refractivity contribution >= 4 is 17.3 Å². The van der Waals surface area contributed by atoms with Crippen molar-refractivity contribution in [3.05, 3.63) is 59.7 Å². The molecule has 2 aromatic rings. The summed E-state index contributed by atoms with van der Waals surface area (Å²) < 4.78 is 49.3. The van der Waals surface area contributed by atoms with E-state index in [9.17, 15) is 18.1 Å². The molecule has 0 radical (unpaired) electrons. The van der Waals surface area contributed by atoms with E-state index in [2.05, 4.69) is 4.72 Å². The number of nitrogens with zero attached hydrogens (tertiary/aromatic N) is 1. The van der Waals surface area contributed by atoms with Gasteiger partial charge in [0.15, 0.2) is 0 Å². The highest BCUT2D eigenvalue weighted by Gasteiger charge is 2.47. The highest BCUT2D eigenvalue weighted by atomic mass is 32.2. The van der Waals surface area contributed by atoms with Gasteiger partial charge in [-0.15, -0.1) is 4.72 Å². The monoisotopic (exact) mass is 448 g/mol. The van der Waals surface area contributed by atoms with Gasteiger partial charge in [0.05, 0.1) is 24.8 Å². The molecule has 2 aromatic carbocycles. The lowest BCUT2D eigenvalue weighted by atomic mass is 9.95. The van der Waals surface area contributed by atoms with E-state index in [0.717, 1.165) is 5.56 Å². The van der Waals surface area contributed by atoms with Crippen LogP contribution in [0.25, 0.3) is 11.1 Å². The van der Waals surface area contributed by atoms with E-state index in [1.54, 1.807) is 17.0 Å². The molecule has 1 amide bonds. The summed E-state index contributed by atoms with van der Waals surface area (Å²) in [5, 5.41) is 0. The normalized spacial score (nSPS) is 24.5. The van der Waals surface area contributed by atoms with Crippen molar-refractivity contribution in [1.82, 2.24) is 9.62 Å². The van der Waals surface area contributed by atoms with Gasteiger partial charge >= 0.3 is 0 Å². The van der Waals surface area contributed by atoms with Crippen LogP contribution in [-0.4, -0.2) is 53.5 Å². The lowest BCUT2D eigenvalue weighted by molar-refractivity contribution is -0.132. The molecule has 0 bridgehead atoms.